The Hall–Kier alpha value is -2.60. The molecule has 2 aromatic carbocycles. The lowest BCUT2D eigenvalue weighted by atomic mass is 9.92. The Labute approximate surface area is 122 Å². The van der Waals surface area contributed by atoms with E-state index in [1.165, 1.54) is 12.1 Å². The van der Waals surface area contributed by atoms with Crippen molar-refractivity contribution in [2.75, 3.05) is 17.7 Å². The molecule has 0 fully saturated rings. The van der Waals surface area contributed by atoms with Crippen LogP contribution in [-0.4, -0.2) is 16.6 Å². The number of hydrogen-bond donors (Lipinski definition) is 3. The lowest BCUT2D eigenvalue weighted by Crippen LogP contribution is -2.35. The predicted molar refractivity (Wildman–Crippen MR) is 82.0 cm³/mol. The smallest absolute Gasteiger partial charge is 0.273 e. The number of aliphatic hydroxyl groups is 1. The molecule has 0 aromatic heterocycles. The highest BCUT2D eigenvalue weighted by molar-refractivity contribution is 5.62. The Morgan fingerprint density at radius 3 is 2.52 bits per heavy atom. The lowest BCUT2D eigenvalue weighted by Gasteiger charge is -2.30. The van der Waals surface area contributed by atoms with E-state index in [9.17, 15) is 15.2 Å². The molecule has 4 N–H and O–H groups in total. The van der Waals surface area contributed by atoms with Crippen LogP contribution in [0, 0.1) is 10.1 Å². The van der Waals surface area contributed by atoms with E-state index in [1.807, 2.05) is 37.3 Å². The van der Waals surface area contributed by atoms with Gasteiger partial charge in [-0.05, 0) is 18.6 Å². The third-order valence-electron chi connectivity index (χ3n) is 3.30. The number of nitrogen functional groups attached to an aromatic ring is 1. The molecule has 0 heterocycles. The standard InChI is InChI=1S/C15H17N3O3/c1-15(10-19,11-5-3-2-4-6-11)17-13-7-12(16)8-14(9-13)18(20)21/h2-9,17,19H,10,16H2,1H3. The van der Waals surface area contributed by atoms with Crippen LogP contribution in [0.15, 0.2) is 48.5 Å². The topological polar surface area (TPSA) is 101 Å². The summed E-state index contributed by atoms with van der Waals surface area (Å²) >= 11 is 0. The number of nitro groups is 1. The van der Waals surface area contributed by atoms with Crippen LogP contribution < -0.4 is 11.1 Å². The van der Waals surface area contributed by atoms with Crippen LogP contribution in [-0.2, 0) is 5.54 Å². The summed E-state index contributed by atoms with van der Waals surface area (Å²) in [5.74, 6) is 0. The highest BCUT2D eigenvalue weighted by Crippen LogP contribution is 2.29. The SMILES string of the molecule is CC(CO)(Nc1cc(N)cc([N+](=O)[O-])c1)c1ccccc1. The minimum Gasteiger partial charge on any atom is -0.398 e. The maximum atomic E-state index is 10.9. The van der Waals surface area contributed by atoms with E-state index in [0.29, 0.717) is 11.4 Å². The van der Waals surface area contributed by atoms with E-state index in [4.69, 9.17) is 5.73 Å². The normalized spacial score (nSPS) is 13.4. The first-order valence-corrected chi connectivity index (χ1v) is 6.44. The Kier molecular flexibility index (Phi) is 4.09. The van der Waals surface area contributed by atoms with E-state index in [0.717, 1.165) is 5.56 Å². The molecule has 0 saturated heterocycles. The zero-order chi connectivity index (χ0) is 15.5. The monoisotopic (exact) mass is 287 g/mol. The molecule has 0 saturated carbocycles. The summed E-state index contributed by atoms with van der Waals surface area (Å²) in [5, 5.41) is 23.7. The Balaban J connectivity index is 2.37. The summed E-state index contributed by atoms with van der Waals surface area (Å²) in [6, 6.07) is 13.7. The molecule has 0 bridgehead atoms. The summed E-state index contributed by atoms with van der Waals surface area (Å²) < 4.78 is 0. The Morgan fingerprint density at radius 1 is 1.29 bits per heavy atom. The fourth-order valence-electron chi connectivity index (χ4n) is 2.14. The number of aliphatic hydroxyl groups excluding tert-OH is 1. The quantitative estimate of drug-likeness (QED) is 0.445. The Bertz CT molecular complexity index is 646. The third-order valence-corrected chi connectivity index (χ3v) is 3.30. The van der Waals surface area contributed by atoms with Gasteiger partial charge in [0.05, 0.1) is 17.1 Å². The first kappa shape index (κ1) is 14.8. The van der Waals surface area contributed by atoms with E-state index in [1.54, 1.807) is 6.07 Å². The number of benzene rings is 2. The van der Waals surface area contributed by atoms with Crippen molar-refractivity contribution in [1.82, 2.24) is 0 Å². The zero-order valence-electron chi connectivity index (χ0n) is 11.6. The average molecular weight is 287 g/mol. The summed E-state index contributed by atoms with van der Waals surface area (Å²) in [4.78, 5) is 10.4. The lowest BCUT2D eigenvalue weighted by molar-refractivity contribution is -0.384. The number of nitrogens with one attached hydrogen (secondary N) is 1. The molecule has 1 atom stereocenters. The van der Waals surface area contributed by atoms with E-state index in [2.05, 4.69) is 5.32 Å². The van der Waals surface area contributed by atoms with Crippen LogP contribution in [0.3, 0.4) is 0 Å². The highest BCUT2D eigenvalue weighted by atomic mass is 16.6. The molecule has 110 valence electrons. The molecular weight excluding hydrogens is 270 g/mol. The van der Waals surface area contributed by atoms with Crippen LogP contribution in [0.1, 0.15) is 12.5 Å². The average Bonchev–Trinajstić information content (AvgIpc) is 2.47. The highest BCUT2D eigenvalue weighted by Gasteiger charge is 2.26. The maximum absolute atomic E-state index is 10.9. The zero-order valence-corrected chi connectivity index (χ0v) is 11.6. The predicted octanol–water partition coefficient (Wildman–Crippen LogP) is 2.50. The first-order valence-electron chi connectivity index (χ1n) is 6.44. The van der Waals surface area contributed by atoms with Gasteiger partial charge in [0.2, 0.25) is 0 Å². The second-order valence-corrected chi connectivity index (χ2v) is 5.05. The molecule has 0 aliphatic carbocycles. The molecular formula is C15H17N3O3. The molecule has 1 unspecified atom stereocenters. The molecule has 0 radical (unpaired) electrons. The van der Waals surface area contributed by atoms with Crippen molar-refractivity contribution in [3.8, 4) is 0 Å². The molecule has 21 heavy (non-hydrogen) atoms. The Morgan fingerprint density at radius 2 is 1.95 bits per heavy atom. The van der Waals surface area contributed by atoms with Gasteiger partial charge in [0.15, 0.2) is 0 Å². The summed E-state index contributed by atoms with van der Waals surface area (Å²) in [6.45, 7) is 1.65. The van der Waals surface area contributed by atoms with Crippen molar-refractivity contribution < 1.29 is 10.0 Å². The van der Waals surface area contributed by atoms with Gasteiger partial charge >= 0.3 is 0 Å². The van der Waals surface area contributed by atoms with Crippen molar-refractivity contribution in [3.63, 3.8) is 0 Å². The molecule has 2 rings (SSSR count). The van der Waals surface area contributed by atoms with Gasteiger partial charge in [-0.25, -0.2) is 0 Å². The third kappa shape index (κ3) is 3.29. The van der Waals surface area contributed by atoms with E-state index in [-0.39, 0.29) is 12.3 Å². The number of hydrogen-bond acceptors (Lipinski definition) is 5. The van der Waals surface area contributed by atoms with Gasteiger partial charge in [-0.3, -0.25) is 10.1 Å². The minimum atomic E-state index is -0.761. The number of anilines is 2. The summed E-state index contributed by atoms with van der Waals surface area (Å²) in [7, 11) is 0. The second-order valence-electron chi connectivity index (χ2n) is 5.05. The minimum absolute atomic E-state index is 0.0918. The largest absolute Gasteiger partial charge is 0.398 e. The number of nitrogens with two attached hydrogens (primary N) is 1. The van der Waals surface area contributed by atoms with Gasteiger partial charge in [0.1, 0.15) is 0 Å². The van der Waals surface area contributed by atoms with Crippen molar-refractivity contribution in [2.45, 2.75) is 12.5 Å². The molecule has 6 nitrogen and oxygen atoms in total. The van der Waals surface area contributed by atoms with Crippen molar-refractivity contribution >= 4 is 17.1 Å². The fraction of sp³-hybridized carbons (Fsp3) is 0.200. The van der Waals surface area contributed by atoms with Gasteiger partial charge < -0.3 is 16.2 Å². The second kappa shape index (κ2) is 5.80. The van der Waals surface area contributed by atoms with Crippen molar-refractivity contribution in [3.05, 3.63) is 64.2 Å². The van der Waals surface area contributed by atoms with Gasteiger partial charge in [-0.1, -0.05) is 30.3 Å². The van der Waals surface area contributed by atoms with Gasteiger partial charge in [0.25, 0.3) is 5.69 Å². The van der Waals surface area contributed by atoms with Gasteiger partial charge in [-0.2, -0.15) is 0 Å². The van der Waals surface area contributed by atoms with E-state index < -0.39 is 10.5 Å². The summed E-state index contributed by atoms with van der Waals surface area (Å²) in [5.41, 5.74) is 6.49. The number of rotatable bonds is 5. The number of non-ortho nitro benzene ring substituents is 1. The number of nitrogens with zero attached hydrogens (tertiary/aromatic N) is 1. The molecule has 0 aliphatic heterocycles. The molecule has 2 aromatic rings. The maximum Gasteiger partial charge on any atom is 0.273 e. The molecule has 6 heteroatoms. The first-order chi connectivity index (χ1) is 9.94. The van der Waals surface area contributed by atoms with Crippen molar-refractivity contribution in [2.24, 2.45) is 0 Å². The summed E-state index contributed by atoms with van der Waals surface area (Å²) in [6.07, 6.45) is 0. The molecule has 0 aliphatic rings. The van der Waals surface area contributed by atoms with Crippen LogP contribution in [0.5, 0.6) is 0 Å². The van der Waals surface area contributed by atoms with Crippen LogP contribution in [0.4, 0.5) is 17.1 Å². The molecule has 0 amide bonds. The van der Waals surface area contributed by atoms with E-state index >= 15 is 0 Å². The number of nitro benzene ring substituents is 1. The van der Waals surface area contributed by atoms with Gasteiger partial charge in [-0.15, -0.1) is 0 Å². The fourth-order valence-corrected chi connectivity index (χ4v) is 2.14. The van der Waals surface area contributed by atoms with Crippen LogP contribution >= 0.6 is 0 Å². The molecule has 0 spiro atoms. The van der Waals surface area contributed by atoms with Crippen LogP contribution in [0.2, 0.25) is 0 Å². The van der Waals surface area contributed by atoms with Crippen LogP contribution in [0.25, 0.3) is 0 Å². The van der Waals surface area contributed by atoms with Crippen molar-refractivity contribution in [1.29, 1.82) is 0 Å². The van der Waals surface area contributed by atoms with Gasteiger partial charge in [0, 0.05) is 23.5 Å².